The van der Waals surface area contributed by atoms with Crippen molar-refractivity contribution in [3.05, 3.63) is 24.8 Å². The van der Waals surface area contributed by atoms with Crippen molar-refractivity contribution in [2.45, 2.75) is 26.4 Å². The largest absolute Gasteiger partial charge is 0.503 e. The van der Waals surface area contributed by atoms with Crippen LogP contribution in [0.5, 0.6) is 0 Å². The summed E-state index contributed by atoms with van der Waals surface area (Å²) in [4.78, 5) is 19.5. The van der Waals surface area contributed by atoms with E-state index in [1.54, 1.807) is 13.0 Å². The molecule has 0 saturated heterocycles. The minimum absolute atomic E-state index is 0.181. The summed E-state index contributed by atoms with van der Waals surface area (Å²) in [5, 5.41) is 13.9. The van der Waals surface area contributed by atoms with Gasteiger partial charge in [0.1, 0.15) is 6.10 Å². The molecule has 0 aliphatic heterocycles. The van der Waals surface area contributed by atoms with Gasteiger partial charge in [0.25, 0.3) is 0 Å². The maximum atomic E-state index is 10.9. The monoisotopic (exact) mass is 216 g/mol. The highest BCUT2D eigenvalue weighted by Crippen LogP contribution is 2.02. The molecule has 5 nitrogen and oxygen atoms in total. The summed E-state index contributed by atoms with van der Waals surface area (Å²) in [5.74, 6) is -0.350. The second-order valence-corrected chi connectivity index (χ2v) is 2.65. The summed E-state index contributed by atoms with van der Waals surface area (Å²) in [7, 11) is 0. The number of hydrogen-bond acceptors (Lipinski definition) is 3. The highest BCUT2D eigenvalue weighted by molar-refractivity contribution is 5.87. The van der Waals surface area contributed by atoms with Gasteiger partial charge < -0.3 is 14.9 Å². The molecule has 0 saturated carbocycles. The summed E-state index contributed by atoms with van der Waals surface area (Å²) < 4.78 is 4.95. The average molecular weight is 216 g/mol. The van der Waals surface area contributed by atoms with E-state index in [1.807, 2.05) is 6.92 Å². The Labute approximate surface area is 88.7 Å². The fourth-order valence-corrected chi connectivity index (χ4v) is 0.536. The molecule has 0 bridgehead atoms. The van der Waals surface area contributed by atoms with E-state index in [4.69, 9.17) is 19.7 Å². The number of esters is 1. The Morgan fingerprint density at radius 1 is 1.47 bits per heavy atom. The third-order valence-corrected chi connectivity index (χ3v) is 1.27. The highest BCUT2D eigenvalue weighted by Gasteiger charge is 2.08. The lowest BCUT2D eigenvalue weighted by Crippen LogP contribution is -2.14. The summed E-state index contributed by atoms with van der Waals surface area (Å²) in [5.41, 5.74) is 0.422. The predicted molar refractivity (Wildman–Crippen MR) is 55.8 cm³/mol. The molecule has 0 heterocycles. The van der Waals surface area contributed by atoms with Crippen LogP contribution in [-0.4, -0.2) is 28.4 Å². The Balaban J connectivity index is 0. The van der Waals surface area contributed by atoms with Crippen molar-refractivity contribution >= 4 is 12.1 Å². The maximum absolute atomic E-state index is 10.9. The zero-order chi connectivity index (χ0) is 12.4. The van der Waals surface area contributed by atoms with E-state index in [-0.39, 0.29) is 12.1 Å². The van der Waals surface area contributed by atoms with E-state index in [1.165, 1.54) is 0 Å². The zero-order valence-corrected chi connectivity index (χ0v) is 8.90. The minimum atomic E-state index is -1.83. The molecular formula is C10H16O5. The zero-order valence-electron chi connectivity index (χ0n) is 8.90. The molecule has 0 aromatic heterocycles. The van der Waals surface area contributed by atoms with Gasteiger partial charge in [0.15, 0.2) is 0 Å². The lowest BCUT2D eigenvalue weighted by Gasteiger charge is -2.10. The van der Waals surface area contributed by atoms with Crippen molar-refractivity contribution in [2.24, 2.45) is 0 Å². The third-order valence-electron chi connectivity index (χ3n) is 1.27. The molecule has 0 spiro atoms. The number of rotatable bonds is 4. The fourth-order valence-electron chi connectivity index (χ4n) is 0.536. The minimum Gasteiger partial charge on any atom is -0.455 e. The summed E-state index contributed by atoms with van der Waals surface area (Å²) in [6.45, 7) is 10.6. The molecule has 1 unspecified atom stereocenters. The van der Waals surface area contributed by atoms with Crippen LogP contribution in [0.15, 0.2) is 24.8 Å². The summed E-state index contributed by atoms with van der Waals surface area (Å²) in [6, 6.07) is 0. The Morgan fingerprint density at radius 2 is 1.87 bits per heavy atom. The third kappa shape index (κ3) is 12.2. The Morgan fingerprint density at radius 3 is 2.07 bits per heavy atom. The molecule has 0 aliphatic carbocycles. The molecule has 86 valence electrons. The number of hydrogen-bond donors (Lipinski definition) is 2. The van der Waals surface area contributed by atoms with E-state index in [0.29, 0.717) is 5.57 Å². The van der Waals surface area contributed by atoms with Gasteiger partial charge >= 0.3 is 12.1 Å². The normalized spacial score (nSPS) is 10.3. The quantitative estimate of drug-likeness (QED) is 0.428. The molecule has 0 aromatic rings. The van der Waals surface area contributed by atoms with Crippen LogP contribution >= 0.6 is 0 Å². The second kappa shape index (κ2) is 8.80. The Kier molecular flexibility index (Phi) is 9.20. The van der Waals surface area contributed by atoms with E-state index >= 15 is 0 Å². The van der Waals surface area contributed by atoms with Gasteiger partial charge in [0.2, 0.25) is 0 Å². The van der Waals surface area contributed by atoms with E-state index in [2.05, 4.69) is 13.2 Å². The van der Waals surface area contributed by atoms with Crippen molar-refractivity contribution in [2.75, 3.05) is 0 Å². The molecule has 2 N–H and O–H groups in total. The molecule has 0 rings (SSSR count). The maximum Gasteiger partial charge on any atom is 0.503 e. The van der Waals surface area contributed by atoms with Gasteiger partial charge in [-0.2, -0.15) is 0 Å². The van der Waals surface area contributed by atoms with Crippen LogP contribution in [0.3, 0.4) is 0 Å². The van der Waals surface area contributed by atoms with Crippen molar-refractivity contribution in [3.63, 3.8) is 0 Å². The van der Waals surface area contributed by atoms with Crippen molar-refractivity contribution < 1.29 is 24.5 Å². The molecule has 0 fully saturated rings. The number of carbonyl (C=O) groups excluding carboxylic acids is 1. The van der Waals surface area contributed by atoms with Crippen molar-refractivity contribution in [3.8, 4) is 0 Å². The van der Waals surface area contributed by atoms with Gasteiger partial charge in [-0.25, -0.2) is 9.59 Å². The number of ether oxygens (including phenoxy) is 1. The first-order valence-electron chi connectivity index (χ1n) is 4.26. The van der Waals surface area contributed by atoms with Crippen LogP contribution in [0.2, 0.25) is 0 Å². The van der Waals surface area contributed by atoms with Crippen molar-refractivity contribution in [1.29, 1.82) is 0 Å². The van der Waals surface area contributed by atoms with Crippen molar-refractivity contribution in [1.82, 2.24) is 0 Å². The fraction of sp³-hybridized carbons (Fsp3) is 0.400. The lowest BCUT2D eigenvalue weighted by atomic mass is 10.2. The van der Waals surface area contributed by atoms with E-state index in [9.17, 15) is 4.79 Å². The van der Waals surface area contributed by atoms with Crippen LogP contribution in [-0.2, 0) is 9.53 Å². The van der Waals surface area contributed by atoms with E-state index in [0.717, 1.165) is 6.42 Å². The van der Waals surface area contributed by atoms with Gasteiger partial charge in [0.05, 0.1) is 0 Å². The van der Waals surface area contributed by atoms with Gasteiger partial charge in [-0.3, -0.25) is 0 Å². The SMILES string of the molecule is C=CC(CC)OC(=O)C(=C)C.O=C(O)O. The van der Waals surface area contributed by atoms with Crippen LogP contribution in [0.25, 0.3) is 0 Å². The van der Waals surface area contributed by atoms with Crippen LogP contribution < -0.4 is 0 Å². The first kappa shape index (κ1) is 15.7. The molecule has 0 radical (unpaired) electrons. The van der Waals surface area contributed by atoms with Gasteiger partial charge in [-0.1, -0.05) is 26.2 Å². The van der Waals surface area contributed by atoms with Crippen LogP contribution in [0, 0.1) is 0 Å². The molecule has 0 aliphatic rings. The summed E-state index contributed by atoms with van der Waals surface area (Å²) >= 11 is 0. The van der Waals surface area contributed by atoms with Gasteiger partial charge in [-0.05, 0) is 13.3 Å². The Bertz CT molecular complexity index is 240. The second-order valence-electron chi connectivity index (χ2n) is 2.65. The summed E-state index contributed by atoms with van der Waals surface area (Å²) in [6.07, 6.45) is 0.350. The predicted octanol–water partition coefficient (Wildman–Crippen LogP) is 2.29. The first-order chi connectivity index (χ1) is 6.84. The Hall–Kier alpha value is -1.78. The molecule has 1 atom stereocenters. The van der Waals surface area contributed by atoms with Crippen LogP contribution in [0.4, 0.5) is 4.79 Å². The molecule has 0 aromatic carbocycles. The smallest absolute Gasteiger partial charge is 0.455 e. The van der Waals surface area contributed by atoms with Crippen LogP contribution in [0.1, 0.15) is 20.3 Å². The number of carbonyl (C=O) groups is 2. The molecular weight excluding hydrogens is 200 g/mol. The van der Waals surface area contributed by atoms with Gasteiger partial charge in [-0.15, -0.1) is 0 Å². The highest BCUT2D eigenvalue weighted by atomic mass is 16.6. The lowest BCUT2D eigenvalue weighted by molar-refractivity contribution is -0.142. The average Bonchev–Trinajstić information content (AvgIpc) is 2.12. The number of carboxylic acid groups (broad SMARTS) is 2. The molecule has 15 heavy (non-hydrogen) atoms. The standard InChI is InChI=1S/C9H14O2.CH2O3/c1-5-8(6-2)11-9(10)7(3)4;2-1(3)4/h5,8H,1,3,6H2,2,4H3;(H2,2,3,4). The van der Waals surface area contributed by atoms with Gasteiger partial charge in [0, 0.05) is 5.57 Å². The first-order valence-corrected chi connectivity index (χ1v) is 4.26. The molecule has 0 amide bonds. The topological polar surface area (TPSA) is 83.8 Å². The van der Waals surface area contributed by atoms with E-state index < -0.39 is 6.16 Å². The molecule has 5 heteroatoms.